The molecule has 1 aromatic carbocycles. The summed E-state index contributed by atoms with van der Waals surface area (Å²) in [6, 6.07) is 8.06. The van der Waals surface area contributed by atoms with Crippen molar-refractivity contribution in [3.63, 3.8) is 0 Å². The van der Waals surface area contributed by atoms with Gasteiger partial charge in [0.05, 0.1) is 13.7 Å². The number of nitrogens with one attached hydrogen (secondary N) is 2. The maximum absolute atomic E-state index is 12.9. The van der Waals surface area contributed by atoms with E-state index < -0.39 is 5.97 Å². The summed E-state index contributed by atoms with van der Waals surface area (Å²) in [4.78, 5) is 15.7. The van der Waals surface area contributed by atoms with Crippen LogP contribution < -0.4 is 10.6 Å². The first kappa shape index (κ1) is 18.5. The first-order chi connectivity index (χ1) is 12.0. The van der Waals surface area contributed by atoms with Gasteiger partial charge in [-0.05, 0) is 37.1 Å². The molecule has 0 aliphatic carbocycles. The molecular formula is C18H22FN3O3. The van der Waals surface area contributed by atoms with Crippen molar-refractivity contribution in [2.75, 3.05) is 20.7 Å². The zero-order chi connectivity index (χ0) is 18.2. The van der Waals surface area contributed by atoms with E-state index in [4.69, 9.17) is 9.15 Å². The smallest absolute Gasteiger partial charge is 0.341 e. The van der Waals surface area contributed by atoms with Crippen LogP contribution in [0.2, 0.25) is 0 Å². The third-order valence-electron chi connectivity index (χ3n) is 3.65. The van der Waals surface area contributed by atoms with Crippen LogP contribution in [0.1, 0.15) is 27.4 Å². The minimum Gasteiger partial charge on any atom is -0.465 e. The second-order valence-electron chi connectivity index (χ2n) is 5.40. The van der Waals surface area contributed by atoms with Gasteiger partial charge >= 0.3 is 5.97 Å². The molecule has 0 fully saturated rings. The highest BCUT2D eigenvalue weighted by molar-refractivity contribution is 5.90. The monoisotopic (exact) mass is 347 g/mol. The molecule has 0 unspecified atom stereocenters. The molecule has 134 valence electrons. The Bertz CT molecular complexity index is 739. The van der Waals surface area contributed by atoms with Crippen molar-refractivity contribution in [3.05, 3.63) is 58.8 Å². The number of hydrogen-bond donors (Lipinski definition) is 2. The highest BCUT2D eigenvalue weighted by Crippen LogP contribution is 2.15. The molecule has 2 rings (SSSR count). The van der Waals surface area contributed by atoms with E-state index in [2.05, 4.69) is 15.6 Å². The van der Waals surface area contributed by atoms with Gasteiger partial charge in [0.25, 0.3) is 0 Å². The van der Waals surface area contributed by atoms with Crippen molar-refractivity contribution < 1.29 is 18.3 Å². The highest BCUT2D eigenvalue weighted by Gasteiger charge is 2.15. The Morgan fingerprint density at radius 3 is 2.64 bits per heavy atom. The second-order valence-corrected chi connectivity index (χ2v) is 5.40. The summed E-state index contributed by atoms with van der Waals surface area (Å²) in [5.74, 6) is 1.07. The van der Waals surface area contributed by atoms with E-state index in [0.717, 1.165) is 12.0 Å². The van der Waals surface area contributed by atoms with Gasteiger partial charge in [-0.1, -0.05) is 12.1 Å². The van der Waals surface area contributed by atoms with E-state index in [1.807, 2.05) is 0 Å². The number of esters is 1. The predicted octanol–water partition coefficient (Wildman–Crippen LogP) is 2.42. The molecule has 2 N–H and O–H groups in total. The number of rotatable bonds is 6. The van der Waals surface area contributed by atoms with Crippen molar-refractivity contribution in [2.45, 2.75) is 19.9 Å². The number of aryl methyl sites for hydroxylation is 1. The molecule has 1 aromatic heterocycles. The summed E-state index contributed by atoms with van der Waals surface area (Å²) in [5.41, 5.74) is 1.45. The fraction of sp³-hybridized carbons (Fsp3) is 0.333. The molecule has 1 heterocycles. The van der Waals surface area contributed by atoms with Gasteiger partial charge < -0.3 is 19.8 Å². The van der Waals surface area contributed by atoms with Crippen LogP contribution in [0, 0.1) is 12.7 Å². The molecule has 7 heteroatoms. The third kappa shape index (κ3) is 5.34. The number of furan rings is 1. The van der Waals surface area contributed by atoms with E-state index in [9.17, 15) is 9.18 Å². The fourth-order valence-corrected chi connectivity index (χ4v) is 2.31. The van der Waals surface area contributed by atoms with Gasteiger partial charge in [-0.3, -0.25) is 4.99 Å². The normalized spacial score (nSPS) is 11.3. The lowest BCUT2D eigenvalue weighted by molar-refractivity contribution is 0.0599. The van der Waals surface area contributed by atoms with Crippen molar-refractivity contribution in [1.82, 2.24) is 10.6 Å². The number of halogens is 1. The van der Waals surface area contributed by atoms with Crippen LogP contribution in [0.3, 0.4) is 0 Å². The molecule has 0 atom stereocenters. The van der Waals surface area contributed by atoms with Gasteiger partial charge in [0.15, 0.2) is 5.96 Å². The third-order valence-corrected chi connectivity index (χ3v) is 3.65. The first-order valence-electron chi connectivity index (χ1n) is 7.90. The van der Waals surface area contributed by atoms with Crippen LogP contribution in [-0.2, 0) is 17.7 Å². The lowest BCUT2D eigenvalue weighted by Crippen LogP contribution is -2.37. The molecule has 0 saturated carbocycles. The largest absolute Gasteiger partial charge is 0.465 e. The quantitative estimate of drug-likeness (QED) is 0.477. The zero-order valence-electron chi connectivity index (χ0n) is 14.6. The van der Waals surface area contributed by atoms with Crippen molar-refractivity contribution in [3.8, 4) is 0 Å². The van der Waals surface area contributed by atoms with Gasteiger partial charge in [0.2, 0.25) is 0 Å². The van der Waals surface area contributed by atoms with Gasteiger partial charge in [-0.25, -0.2) is 9.18 Å². The van der Waals surface area contributed by atoms with Crippen molar-refractivity contribution in [1.29, 1.82) is 0 Å². The number of guanidine groups is 1. The minimum atomic E-state index is -0.422. The summed E-state index contributed by atoms with van der Waals surface area (Å²) in [7, 11) is 3.00. The number of carbonyl (C=O) groups excluding carboxylic acids is 1. The number of aliphatic imine (C=N–C) groups is 1. The molecule has 0 amide bonds. The SMILES string of the molecule is CN=C(NCCc1ccc(F)cc1)NCc1cc(C(=O)OC)c(C)o1. The molecule has 0 radical (unpaired) electrons. The zero-order valence-corrected chi connectivity index (χ0v) is 14.6. The maximum Gasteiger partial charge on any atom is 0.341 e. The van der Waals surface area contributed by atoms with Gasteiger partial charge in [-0.2, -0.15) is 0 Å². The average Bonchev–Trinajstić information content (AvgIpc) is 2.99. The Morgan fingerprint density at radius 1 is 1.28 bits per heavy atom. The summed E-state index contributed by atoms with van der Waals surface area (Å²) < 4.78 is 23.1. The van der Waals surface area contributed by atoms with Crippen LogP contribution in [0.15, 0.2) is 39.7 Å². The summed E-state index contributed by atoms with van der Waals surface area (Å²) in [5, 5.41) is 6.28. The number of carbonyl (C=O) groups is 1. The lowest BCUT2D eigenvalue weighted by atomic mass is 10.1. The minimum absolute atomic E-state index is 0.241. The van der Waals surface area contributed by atoms with Crippen LogP contribution in [0.5, 0.6) is 0 Å². The number of hydrogen-bond acceptors (Lipinski definition) is 4. The summed E-state index contributed by atoms with van der Waals surface area (Å²) >= 11 is 0. The summed E-state index contributed by atoms with van der Waals surface area (Å²) in [6.45, 7) is 2.75. The number of methoxy groups -OCH3 is 1. The van der Waals surface area contributed by atoms with E-state index in [0.29, 0.717) is 36.1 Å². The van der Waals surface area contributed by atoms with Crippen LogP contribution >= 0.6 is 0 Å². The van der Waals surface area contributed by atoms with Gasteiger partial charge in [0.1, 0.15) is 22.9 Å². The Kier molecular flexibility index (Phi) is 6.56. The second kappa shape index (κ2) is 8.86. The van der Waals surface area contributed by atoms with Gasteiger partial charge in [-0.15, -0.1) is 0 Å². The molecule has 6 nitrogen and oxygen atoms in total. The molecule has 0 aliphatic rings. The molecule has 0 saturated heterocycles. The molecule has 0 bridgehead atoms. The van der Waals surface area contributed by atoms with Crippen LogP contribution in [-0.4, -0.2) is 32.6 Å². The topological polar surface area (TPSA) is 75.9 Å². The molecule has 2 aromatic rings. The van der Waals surface area contributed by atoms with Crippen molar-refractivity contribution >= 4 is 11.9 Å². The van der Waals surface area contributed by atoms with Crippen molar-refractivity contribution in [2.24, 2.45) is 4.99 Å². The maximum atomic E-state index is 12.9. The Hall–Kier alpha value is -2.83. The Labute approximate surface area is 146 Å². The van der Waals surface area contributed by atoms with Gasteiger partial charge in [0, 0.05) is 13.6 Å². The molecule has 0 spiro atoms. The molecule has 25 heavy (non-hydrogen) atoms. The van der Waals surface area contributed by atoms with E-state index >= 15 is 0 Å². The molecule has 0 aliphatic heterocycles. The molecular weight excluding hydrogens is 325 g/mol. The summed E-state index contributed by atoms with van der Waals surface area (Å²) in [6.07, 6.45) is 0.743. The number of benzene rings is 1. The fourth-order valence-electron chi connectivity index (χ4n) is 2.31. The van der Waals surface area contributed by atoms with Crippen LogP contribution in [0.25, 0.3) is 0 Å². The standard InChI is InChI=1S/C18H22FN3O3/c1-12-16(17(23)24-3)10-15(25-12)11-22-18(20-2)21-9-8-13-4-6-14(19)7-5-13/h4-7,10H,8-9,11H2,1-3H3,(H2,20,21,22). The highest BCUT2D eigenvalue weighted by atomic mass is 19.1. The first-order valence-corrected chi connectivity index (χ1v) is 7.90. The average molecular weight is 347 g/mol. The number of ether oxygens (including phenoxy) is 1. The Balaban J connectivity index is 1.82. The van der Waals surface area contributed by atoms with Crippen LogP contribution in [0.4, 0.5) is 4.39 Å². The van der Waals surface area contributed by atoms with E-state index in [1.54, 1.807) is 32.2 Å². The van der Waals surface area contributed by atoms with E-state index in [-0.39, 0.29) is 5.82 Å². The van der Waals surface area contributed by atoms with E-state index in [1.165, 1.54) is 19.2 Å². The lowest BCUT2D eigenvalue weighted by Gasteiger charge is -2.11. The number of nitrogens with zero attached hydrogens (tertiary/aromatic N) is 1. The predicted molar refractivity (Wildman–Crippen MR) is 93.1 cm³/mol. The Morgan fingerprint density at radius 2 is 2.00 bits per heavy atom.